The van der Waals surface area contributed by atoms with Crippen molar-refractivity contribution in [2.24, 2.45) is 0 Å². The molecule has 0 saturated carbocycles. The molecule has 9 aromatic rings. The van der Waals surface area contributed by atoms with Crippen molar-refractivity contribution in [1.29, 1.82) is 0 Å². The van der Waals surface area contributed by atoms with Crippen LogP contribution in [0, 0.1) is 0 Å². The predicted molar refractivity (Wildman–Crippen MR) is 221 cm³/mol. The van der Waals surface area contributed by atoms with Crippen LogP contribution in [0.2, 0.25) is 0 Å². The van der Waals surface area contributed by atoms with Crippen LogP contribution in [-0.2, 0) is 11.8 Å². The highest BCUT2D eigenvalue weighted by Crippen LogP contribution is 2.53. The van der Waals surface area contributed by atoms with Gasteiger partial charge < -0.3 is 0 Å². The molecule has 0 N–H and O–H groups in total. The average Bonchev–Trinajstić information content (AvgIpc) is 3.67. The second-order valence-electron chi connectivity index (χ2n) is 15.2. The lowest BCUT2D eigenvalue weighted by Crippen LogP contribution is -2.14. The van der Waals surface area contributed by atoms with Gasteiger partial charge in [-0.1, -0.05) is 166 Å². The highest BCUT2D eigenvalue weighted by molar-refractivity contribution is 6.21. The standard InChI is InChI=1S/C52H36/c1-52(2)47-26-25-35(30-46(47)51-39-15-7-6-12-32(39)24-27-48(51)52)34-20-21-36-28-37-22-23-38(31-45(37)44(36)29-34)50-42-18-10-8-16-40(42)49(33-13-4-3-5-14-33)41-17-9-11-19-43(41)50/h3-27,29-31H,28H2,1-2H3. The predicted octanol–water partition coefficient (Wildman–Crippen LogP) is 14.0. The maximum Gasteiger partial charge on any atom is 0.0159 e. The molecule has 0 bridgehead atoms. The monoisotopic (exact) mass is 660 g/mol. The maximum atomic E-state index is 2.47. The van der Waals surface area contributed by atoms with Gasteiger partial charge in [0.2, 0.25) is 0 Å². The van der Waals surface area contributed by atoms with Gasteiger partial charge in [0.1, 0.15) is 0 Å². The van der Waals surface area contributed by atoms with Gasteiger partial charge in [0, 0.05) is 5.41 Å². The second kappa shape index (κ2) is 10.9. The summed E-state index contributed by atoms with van der Waals surface area (Å²) < 4.78 is 0. The van der Waals surface area contributed by atoms with Gasteiger partial charge in [-0.25, -0.2) is 0 Å². The number of benzene rings is 9. The number of hydrogen-bond donors (Lipinski definition) is 0. The lowest BCUT2D eigenvalue weighted by Gasteiger charge is -2.21. The Hall–Kier alpha value is -6.24. The lowest BCUT2D eigenvalue weighted by molar-refractivity contribution is 0.661. The van der Waals surface area contributed by atoms with Crippen LogP contribution in [0.3, 0.4) is 0 Å². The first-order chi connectivity index (χ1) is 25.5. The fourth-order valence-corrected chi connectivity index (χ4v) is 9.56. The summed E-state index contributed by atoms with van der Waals surface area (Å²) in [4.78, 5) is 0. The van der Waals surface area contributed by atoms with Crippen LogP contribution in [0.25, 0.3) is 88.0 Å². The summed E-state index contributed by atoms with van der Waals surface area (Å²) in [5.74, 6) is 0. The second-order valence-corrected chi connectivity index (χ2v) is 15.2. The zero-order valence-corrected chi connectivity index (χ0v) is 29.4. The molecule has 0 radical (unpaired) electrons. The van der Waals surface area contributed by atoms with E-state index in [9.17, 15) is 0 Å². The van der Waals surface area contributed by atoms with Gasteiger partial charge in [-0.15, -0.1) is 0 Å². The molecule has 0 aliphatic heterocycles. The third-order valence-corrected chi connectivity index (χ3v) is 12.1. The fourth-order valence-electron chi connectivity index (χ4n) is 9.56. The molecule has 0 saturated heterocycles. The van der Waals surface area contributed by atoms with Gasteiger partial charge in [-0.3, -0.25) is 0 Å². The van der Waals surface area contributed by atoms with Crippen molar-refractivity contribution in [3.8, 4) is 55.6 Å². The summed E-state index contributed by atoms with van der Waals surface area (Å²) in [5.41, 5.74) is 18.8. The first kappa shape index (κ1) is 29.5. The van der Waals surface area contributed by atoms with Crippen LogP contribution in [0.4, 0.5) is 0 Å². The highest BCUT2D eigenvalue weighted by atomic mass is 14.4. The molecule has 0 nitrogen and oxygen atoms in total. The largest absolute Gasteiger partial charge is 0.0622 e. The molecule has 2 aliphatic carbocycles. The van der Waals surface area contributed by atoms with Crippen LogP contribution in [0.1, 0.15) is 36.1 Å². The van der Waals surface area contributed by atoms with Crippen LogP contribution < -0.4 is 0 Å². The molecule has 0 heterocycles. The Bertz CT molecular complexity index is 2880. The van der Waals surface area contributed by atoms with E-state index < -0.39 is 0 Å². The van der Waals surface area contributed by atoms with Crippen LogP contribution >= 0.6 is 0 Å². The summed E-state index contributed by atoms with van der Waals surface area (Å²) in [6, 6.07) is 63.8. The molecule has 9 aromatic carbocycles. The van der Waals surface area contributed by atoms with Gasteiger partial charge in [0.05, 0.1) is 0 Å². The molecule has 0 spiro atoms. The smallest absolute Gasteiger partial charge is 0.0159 e. The highest BCUT2D eigenvalue weighted by Gasteiger charge is 2.36. The number of hydrogen-bond acceptors (Lipinski definition) is 0. The Labute approximate surface area is 304 Å². The van der Waals surface area contributed by atoms with E-state index in [1.807, 2.05) is 0 Å². The SMILES string of the molecule is CC1(C)c2ccc(-c3ccc4c(c3)-c3cc(-c5c6ccccc6c(-c6ccccc6)c6ccccc56)ccc3C4)cc2-c2c1ccc1ccccc21. The van der Waals surface area contributed by atoms with Gasteiger partial charge in [-0.05, 0) is 135 Å². The Morgan fingerprint density at radius 1 is 0.346 bits per heavy atom. The molecule has 0 aromatic heterocycles. The molecule has 11 rings (SSSR count). The zero-order chi connectivity index (χ0) is 34.6. The van der Waals surface area contributed by atoms with E-state index in [-0.39, 0.29) is 5.41 Å². The van der Waals surface area contributed by atoms with Crippen molar-refractivity contribution in [3.05, 3.63) is 192 Å². The first-order valence-electron chi connectivity index (χ1n) is 18.5. The first-order valence-corrected chi connectivity index (χ1v) is 18.5. The lowest BCUT2D eigenvalue weighted by atomic mass is 9.82. The zero-order valence-electron chi connectivity index (χ0n) is 29.4. The van der Waals surface area contributed by atoms with Crippen molar-refractivity contribution in [3.63, 3.8) is 0 Å². The summed E-state index contributed by atoms with van der Waals surface area (Å²) in [7, 11) is 0. The maximum absolute atomic E-state index is 2.47. The topological polar surface area (TPSA) is 0 Å². The van der Waals surface area contributed by atoms with E-state index in [2.05, 4.69) is 184 Å². The molecule has 0 fully saturated rings. The van der Waals surface area contributed by atoms with Gasteiger partial charge in [0.25, 0.3) is 0 Å². The molecule has 244 valence electrons. The molecular formula is C52H36. The van der Waals surface area contributed by atoms with Crippen LogP contribution in [-0.4, -0.2) is 0 Å². The van der Waals surface area contributed by atoms with Crippen molar-refractivity contribution in [2.75, 3.05) is 0 Å². The van der Waals surface area contributed by atoms with E-state index in [1.54, 1.807) is 0 Å². The molecule has 0 amide bonds. The number of fused-ring (bicyclic) bond motifs is 10. The van der Waals surface area contributed by atoms with Gasteiger partial charge in [0.15, 0.2) is 0 Å². The average molecular weight is 661 g/mol. The number of rotatable bonds is 3. The van der Waals surface area contributed by atoms with Crippen LogP contribution in [0.5, 0.6) is 0 Å². The summed E-state index contributed by atoms with van der Waals surface area (Å²) in [6.45, 7) is 4.75. The van der Waals surface area contributed by atoms with Crippen molar-refractivity contribution in [2.45, 2.75) is 25.7 Å². The summed E-state index contributed by atoms with van der Waals surface area (Å²) in [5, 5.41) is 7.81. The Balaban J connectivity index is 1.07. The minimum atomic E-state index is -0.0336. The molecule has 0 atom stereocenters. The third-order valence-electron chi connectivity index (χ3n) is 12.1. The third kappa shape index (κ3) is 4.16. The van der Waals surface area contributed by atoms with Crippen molar-refractivity contribution in [1.82, 2.24) is 0 Å². The quantitative estimate of drug-likeness (QED) is 0.165. The molecule has 2 aliphatic rings. The molecule has 52 heavy (non-hydrogen) atoms. The van der Waals surface area contributed by atoms with Crippen molar-refractivity contribution >= 4 is 32.3 Å². The van der Waals surface area contributed by atoms with Gasteiger partial charge in [-0.2, -0.15) is 0 Å². The van der Waals surface area contributed by atoms with Crippen LogP contribution in [0.15, 0.2) is 170 Å². The van der Waals surface area contributed by atoms with E-state index in [1.165, 1.54) is 110 Å². The summed E-state index contributed by atoms with van der Waals surface area (Å²) >= 11 is 0. The Morgan fingerprint density at radius 2 is 0.827 bits per heavy atom. The molecular weight excluding hydrogens is 625 g/mol. The van der Waals surface area contributed by atoms with E-state index in [0.29, 0.717) is 0 Å². The van der Waals surface area contributed by atoms with E-state index in [4.69, 9.17) is 0 Å². The Kier molecular flexibility index (Phi) is 6.17. The molecule has 0 unspecified atom stereocenters. The van der Waals surface area contributed by atoms with E-state index >= 15 is 0 Å². The minimum Gasteiger partial charge on any atom is -0.0622 e. The Morgan fingerprint density at radius 3 is 1.48 bits per heavy atom. The minimum absolute atomic E-state index is 0.0336. The van der Waals surface area contributed by atoms with Gasteiger partial charge >= 0.3 is 0 Å². The van der Waals surface area contributed by atoms with Crippen molar-refractivity contribution < 1.29 is 0 Å². The fraction of sp³-hybridized carbons (Fsp3) is 0.0769. The molecule has 0 heteroatoms. The normalized spacial score (nSPS) is 13.7. The summed E-state index contributed by atoms with van der Waals surface area (Å²) in [6.07, 6.45) is 0.970. The van der Waals surface area contributed by atoms with E-state index in [0.717, 1.165) is 6.42 Å².